The van der Waals surface area contributed by atoms with Gasteiger partial charge in [0.2, 0.25) is 11.8 Å². The molecule has 98 valence electrons. The van der Waals surface area contributed by atoms with Crippen molar-refractivity contribution in [3.63, 3.8) is 0 Å². The zero-order valence-electron chi connectivity index (χ0n) is 9.71. The predicted molar refractivity (Wildman–Crippen MR) is 66.8 cm³/mol. The van der Waals surface area contributed by atoms with Crippen LogP contribution in [-0.2, 0) is 6.54 Å². The lowest BCUT2D eigenvalue weighted by Crippen LogP contribution is -2.08. The average Bonchev–Trinajstić information content (AvgIpc) is 2.37. The van der Waals surface area contributed by atoms with Gasteiger partial charge in [-0.2, -0.15) is 4.98 Å². The summed E-state index contributed by atoms with van der Waals surface area (Å²) in [7, 11) is 0. The Balaban J connectivity index is 2.22. The lowest BCUT2D eigenvalue weighted by molar-refractivity contribution is -0.384. The van der Waals surface area contributed by atoms with Crippen molar-refractivity contribution < 1.29 is 9.31 Å². The zero-order chi connectivity index (χ0) is 13.8. The van der Waals surface area contributed by atoms with E-state index in [2.05, 4.69) is 15.3 Å². The zero-order valence-corrected chi connectivity index (χ0v) is 9.71. The van der Waals surface area contributed by atoms with Crippen molar-refractivity contribution in [3.8, 4) is 0 Å². The van der Waals surface area contributed by atoms with Gasteiger partial charge in [-0.1, -0.05) is 18.2 Å². The Bertz CT molecular complexity index is 620. The first-order chi connectivity index (χ1) is 9.08. The molecule has 0 bridgehead atoms. The molecule has 3 N–H and O–H groups in total. The fraction of sp³-hybridized carbons (Fsp3) is 0.0909. The number of halogens is 1. The highest BCUT2D eigenvalue weighted by atomic mass is 19.1. The van der Waals surface area contributed by atoms with Crippen LogP contribution in [0.5, 0.6) is 0 Å². The Labute approximate surface area is 107 Å². The molecule has 2 aromatic rings. The van der Waals surface area contributed by atoms with Crippen LogP contribution in [0.25, 0.3) is 0 Å². The Morgan fingerprint density at radius 2 is 2.16 bits per heavy atom. The highest BCUT2D eigenvalue weighted by Gasteiger charge is 2.16. The van der Waals surface area contributed by atoms with Crippen molar-refractivity contribution >= 4 is 17.5 Å². The molecule has 0 fully saturated rings. The van der Waals surface area contributed by atoms with Crippen molar-refractivity contribution in [2.24, 2.45) is 0 Å². The minimum absolute atomic E-state index is 0.0410. The summed E-state index contributed by atoms with van der Waals surface area (Å²) >= 11 is 0. The fourth-order valence-corrected chi connectivity index (χ4v) is 1.47. The molecule has 7 nitrogen and oxygen atoms in total. The first-order valence-electron chi connectivity index (χ1n) is 5.32. The molecule has 0 spiro atoms. The minimum atomic E-state index is -0.636. The van der Waals surface area contributed by atoms with Gasteiger partial charge in [-0.3, -0.25) is 10.1 Å². The Hall–Kier alpha value is -2.77. The molecule has 19 heavy (non-hydrogen) atoms. The van der Waals surface area contributed by atoms with Crippen LogP contribution in [0, 0.1) is 15.9 Å². The maximum Gasteiger partial charge on any atom is 0.329 e. The van der Waals surface area contributed by atoms with Crippen LogP contribution >= 0.6 is 0 Å². The van der Waals surface area contributed by atoms with E-state index in [1.807, 2.05) is 0 Å². The summed E-state index contributed by atoms with van der Waals surface area (Å²) in [6.45, 7) is 0.0595. The molecular weight excluding hydrogens is 253 g/mol. The summed E-state index contributed by atoms with van der Waals surface area (Å²) < 4.78 is 13.4. The number of nitro groups is 1. The second-order valence-corrected chi connectivity index (χ2v) is 3.66. The van der Waals surface area contributed by atoms with Gasteiger partial charge in [-0.05, 0) is 6.07 Å². The lowest BCUT2D eigenvalue weighted by Gasteiger charge is -2.07. The maximum absolute atomic E-state index is 13.4. The standard InChI is InChI=1S/C11H10FN5O2/c12-8-4-2-1-3-7(8)5-14-10-9(17(18)19)6-15-11(13)16-10/h1-4,6H,5H2,(H3,13,14,15,16). The van der Waals surface area contributed by atoms with Crippen molar-refractivity contribution in [1.29, 1.82) is 0 Å². The third-order valence-electron chi connectivity index (χ3n) is 2.39. The van der Waals surface area contributed by atoms with Crippen LogP contribution in [0.4, 0.5) is 21.8 Å². The molecule has 0 amide bonds. The molecule has 8 heteroatoms. The van der Waals surface area contributed by atoms with E-state index in [-0.39, 0.29) is 24.0 Å². The van der Waals surface area contributed by atoms with Gasteiger partial charge in [0.05, 0.1) is 4.92 Å². The summed E-state index contributed by atoms with van der Waals surface area (Å²) in [4.78, 5) is 17.4. The van der Waals surface area contributed by atoms with E-state index in [4.69, 9.17) is 5.73 Å². The van der Waals surface area contributed by atoms with Crippen LogP contribution in [0.15, 0.2) is 30.5 Å². The average molecular weight is 263 g/mol. The second-order valence-electron chi connectivity index (χ2n) is 3.66. The predicted octanol–water partition coefficient (Wildman–Crippen LogP) is 1.72. The number of aromatic nitrogens is 2. The molecule has 2 rings (SSSR count). The number of nitrogens with zero attached hydrogens (tertiary/aromatic N) is 3. The molecule has 0 atom stereocenters. The van der Waals surface area contributed by atoms with Crippen LogP contribution in [0.3, 0.4) is 0 Å². The molecule has 1 heterocycles. The van der Waals surface area contributed by atoms with Crippen molar-refractivity contribution in [3.05, 3.63) is 52.0 Å². The van der Waals surface area contributed by atoms with E-state index in [1.54, 1.807) is 18.2 Å². The summed E-state index contributed by atoms with van der Waals surface area (Å²) in [5, 5.41) is 13.5. The van der Waals surface area contributed by atoms with E-state index in [0.717, 1.165) is 6.20 Å². The first kappa shape index (κ1) is 12.7. The van der Waals surface area contributed by atoms with Crippen molar-refractivity contribution in [2.45, 2.75) is 6.54 Å². The number of nitrogens with one attached hydrogen (secondary N) is 1. The van der Waals surface area contributed by atoms with Gasteiger partial charge < -0.3 is 11.1 Å². The number of hydrogen-bond donors (Lipinski definition) is 2. The van der Waals surface area contributed by atoms with Gasteiger partial charge in [0.25, 0.3) is 0 Å². The molecule has 1 aromatic heterocycles. The summed E-state index contributed by atoms with van der Waals surface area (Å²) in [6, 6.07) is 6.10. The van der Waals surface area contributed by atoms with Gasteiger partial charge in [0.15, 0.2) is 0 Å². The van der Waals surface area contributed by atoms with Gasteiger partial charge in [0.1, 0.15) is 12.0 Å². The van der Waals surface area contributed by atoms with Gasteiger partial charge >= 0.3 is 5.69 Å². The lowest BCUT2D eigenvalue weighted by atomic mass is 10.2. The molecule has 0 aliphatic heterocycles. The number of hydrogen-bond acceptors (Lipinski definition) is 6. The molecule has 0 unspecified atom stereocenters. The molecule has 1 aromatic carbocycles. The van der Waals surface area contributed by atoms with Gasteiger partial charge in [0, 0.05) is 12.1 Å². The number of nitrogen functional groups attached to an aromatic ring is 1. The Morgan fingerprint density at radius 3 is 2.84 bits per heavy atom. The first-order valence-corrected chi connectivity index (χ1v) is 5.32. The molecule has 0 aliphatic rings. The van der Waals surface area contributed by atoms with Crippen LogP contribution in [0.1, 0.15) is 5.56 Å². The summed E-state index contributed by atoms with van der Waals surface area (Å²) in [6.07, 6.45) is 1.01. The normalized spacial score (nSPS) is 10.2. The fourth-order valence-electron chi connectivity index (χ4n) is 1.47. The SMILES string of the molecule is Nc1ncc([N+](=O)[O-])c(NCc2ccccc2F)n1. The van der Waals surface area contributed by atoms with Crippen LogP contribution < -0.4 is 11.1 Å². The van der Waals surface area contributed by atoms with E-state index < -0.39 is 10.7 Å². The quantitative estimate of drug-likeness (QED) is 0.642. The molecule has 0 saturated carbocycles. The van der Waals surface area contributed by atoms with E-state index >= 15 is 0 Å². The van der Waals surface area contributed by atoms with Crippen LogP contribution in [-0.4, -0.2) is 14.9 Å². The van der Waals surface area contributed by atoms with Crippen molar-refractivity contribution in [2.75, 3.05) is 11.1 Å². The third-order valence-corrected chi connectivity index (χ3v) is 2.39. The topological polar surface area (TPSA) is 107 Å². The largest absolute Gasteiger partial charge is 0.368 e. The Kier molecular flexibility index (Phi) is 3.51. The van der Waals surface area contributed by atoms with Gasteiger partial charge in [-0.25, -0.2) is 9.37 Å². The van der Waals surface area contributed by atoms with E-state index in [0.29, 0.717) is 5.56 Å². The Morgan fingerprint density at radius 1 is 1.42 bits per heavy atom. The minimum Gasteiger partial charge on any atom is -0.368 e. The maximum atomic E-state index is 13.4. The van der Waals surface area contributed by atoms with E-state index in [9.17, 15) is 14.5 Å². The van der Waals surface area contributed by atoms with Crippen LogP contribution in [0.2, 0.25) is 0 Å². The molecule has 0 radical (unpaired) electrons. The van der Waals surface area contributed by atoms with E-state index in [1.165, 1.54) is 6.07 Å². The smallest absolute Gasteiger partial charge is 0.329 e. The summed E-state index contributed by atoms with van der Waals surface area (Å²) in [5.74, 6) is -0.540. The second kappa shape index (κ2) is 5.25. The number of anilines is 2. The highest BCUT2D eigenvalue weighted by Crippen LogP contribution is 2.22. The number of rotatable bonds is 4. The number of benzene rings is 1. The third kappa shape index (κ3) is 2.92. The molecule has 0 aliphatic carbocycles. The molecular formula is C11H10FN5O2. The number of nitrogens with two attached hydrogens (primary N) is 1. The highest BCUT2D eigenvalue weighted by molar-refractivity contribution is 5.56. The van der Waals surface area contributed by atoms with Gasteiger partial charge in [-0.15, -0.1) is 0 Å². The van der Waals surface area contributed by atoms with Crippen molar-refractivity contribution in [1.82, 2.24) is 9.97 Å². The molecule has 0 saturated heterocycles. The monoisotopic (exact) mass is 263 g/mol. The summed E-state index contributed by atoms with van der Waals surface area (Å²) in [5.41, 5.74) is 5.42.